The number of hydrogen-bond acceptors (Lipinski definition) is 1. The molecule has 1 aliphatic heterocycles. The number of rotatable bonds is 4. The van der Waals surface area contributed by atoms with E-state index in [2.05, 4.69) is 208 Å². The van der Waals surface area contributed by atoms with Crippen molar-refractivity contribution in [3.63, 3.8) is 0 Å². The Morgan fingerprint density at radius 3 is 1.92 bits per heavy atom. The molecule has 0 saturated carbocycles. The van der Waals surface area contributed by atoms with Gasteiger partial charge in [-0.25, -0.2) is 0 Å². The van der Waals surface area contributed by atoms with Gasteiger partial charge in [0.15, 0.2) is 7.28 Å². The van der Waals surface area contributed by atoms with Crippen LogP contribution in [0.2, 0.25) is 0 Å². The van der Waals surface area contributed by atoms with E-state index in [1.165, 1.54) is 117 Å². The molecule has 10 aromatic rings. The summed E-state index contributed by atoms with van der Waals surface area (Å²) in [6.45, 7) is 12.0. The summed E-state index contributed by atoms with van der Waals surface area (Å²) in [5.74, 6) is 0. The molecule has 283 valence electrons. The number of aryl methyl sites for hydroxylation is 1. The van der Waals surface area contributed by atoms with Crippen LogP contribution in [-0.2, 0) is 10.8 Å². The van der Waals surface area contributed by atoms with Gasteiger partial charge in [0, 0.05) is 55.4 Å². The summed E-state index contributed by atoms with van der Waals surface area (Å²) in [5.41, 5.74) is 18.9. The van der Waals surface area contributed by atoms with E-state index in [0.717, 1.165) is 11.4 Å². The number of hydrogen-bond donors (Lipinski definition) is 1. The van der Waals surface area contributed by atoms with Crippen LogP contribution in [-0.4, -0.2) is 16.4 Å². The molecule has 0 fully saturated rings. The van der Waals surface area contributed by atoms with Crippen molar-refractivity contribution in [1.29, 1.82) is 0 Å². The lowest BCUT2D eigenvalue weighted by molar-refractivity contribution is 0.332. The summed E-state index contributed by atoms with van der Waals surface area (Å²) in [6, 6.07) is 56.7. The lowest BCUT2D eigenvalue weighted by Gasteiger charge is -2.42. The predicted octanol–water partition coefficient (Wildman–Crippen LogP) is 13.1. The molecular formula is C55H45BN3. The third-order valence-electron chi connectivity index (χ3n) is 13.9. The SMILES string of the molecule is Cc1cc2c(cc1Nc1cc3c4ccccc4n(-c4ccccc4)c3cc1-c1c3c(cc4ccccc14)-n1c4ccccc4c4cccc(c41)[B]3)C(C)(C)CCC2(C)C. The zero-order chi connectivity index (χ0) is 39.8. The molecule has 8 aromatic carbocycles. The van der Waals surface area contributed by atoms with Gasteiger partial charge in [-0.2, -0.15) is 0 Å². The Morgan fingerprint density at radius 1 is 0.525 bits per heavy atom. The average molecular weight is 759 g/mol. The standard InChI is InChI=1S/C55H45BN3/c1-33-28-42-43(55(4,5)27-26-54(42,2)3)32-45(33)57-46-30-40-38-21-12-13-24-47(38)58(35-17-7-6-8-18-35)49(40)31-41(46)51-36-19-10-9-16-34(36)29-50-52(51)56-44-23-15-22-39-37-20-11-14-25-48(37)59(50)53(39)44/h6-25,28-32,57H,26-27H2,1-5H3. The van der Waals surface area contributed by atoms with Crippen molar-refractivity contribution in [3.8, 4) is 22.5 Å². The summed E-state index contributed by atoms with van der Waals surface area (Å²) in [7, 11) is 2.45. The van der Waals surface area contributed by atoms with Crippen molar-refractivity contribution in [1.82, 2.24) is 9.13 Å². The molecule has 59 heavy (non-hydrogen) atoms. The first-order chi connectivity index (χ1) is 28.7. The minimum atomic E-state index is 0.0901. The van der Waals surface area contributed by atoms with Gasteiger partial charge in [-0.15, -0.1) is 0 Å². The second-order valence-corrected chi connectivity index (χ2v) is 18.4. The molecule has 0 bridgehead atoms. The second-order valence-electron chi connectivity index (χ2n) is 18.4. The highest BCUT2D eigenvalue weighted by Crippen LogP contribution is 2.49. The Morgan fingerprint density at radius 2 is 1.15 bits per heavy atom. The molecule has 0 unspecified atom stereocenters. The lowest BCUT2D eigenvalue weighted by Crippen LogP contribution is -2.37. The molecule has 0 saturated heterocycles. The van der Waals surface area contributed by atoms with Gasteiger partial charge in [-0.05, 0) is 118 Å². The van der Waals surface area contributed by atoms with Crippen LogP contribution in [0.1, 0.15) is 57.2 Å². The van der Waals surface area contributed by atoms with Gasteiger partial charge in [-0.1, -0.05) is 136 Å². The maximum Gasteiger partial charge on any atom is 0.197 e. The molecule has 2 aliphatic rings. The zero-order valence-electron chi connectivity index (χ0n) is 34.3. The van der Waals surface area contributed by atoms with Crippen LogP contribution in [0.3, 0.4) is 0 Å². The molecule has 0 spiro atoms. The molecule has 2 aromatic heterocycles. The number of nitrogens with one attached hydrogen (secondary N) is 1. The molecule has 1 radical (unpaired) electrons. The molecular weight excluding hydrogens is 713 g/mol. The highest BCUT2D eigenvalue weighted by molar-refractivity contribution is 6.74. The van der Waals surface area contributed by atoms with Gasteiger partial charge in [-0.3, -0.25) is 0 Å². The zero-order valence-corrected chi connectivity index (χ0v) is 34.3. The fourth-order valence-corrected chi connectivity index (χ4v) is 10.7. The molecule has 3 nitrogen and oxygen atoms in total. The minimum absolute atomic E-state index is 0.0901. The van der Waals surface area contributed by atoms with E-state index in [0.29, 0.717) is 0 Å². The summed E-state index contributed by atoms with van der Waals surface area (Å²) in [4.78, 5) is 0. The maximum atomic E-state index is 4.17. The van der Waals surface area contributed by atoms with Crippen LogP contribution in [0, 0.1) is 6.92 Å². The van der Waals surface area contributed by atoms with Crippen molar-refractivity contribution in [2.24, 2.45) is 0 Å². The third kappa shape index (κ3) is 4.96. The first-order valence-corrected chi connectivity index (χ1v) is 21.1. The van der Waals surface area contributed by atoms with E-state index >= 15 is 0 Å². The fraction of sp³-hybridized carbons (Fsp3) is 0.164. The first-order valence-electron chi connectivity index (χ1n) is 21.1. The van der Waals surface area contributed by atoms with Crippen LogP contribution in [0.5, 0.6) is 0 Å². The molecule has 3 heterocycles. The monoisotopic (exact) mass is 758 g/mol. The molecule has 1 aliphatic carbocycles. The first kappa shape index (κ1) is 34.5. The normalized spacial score (nSPS) is 15.1. The topological polar surface area (TPSA) is 21.9 Å². The highest BCUT2D eigenvalue weighted by atomic mass is 15.0. The second kappa shape index (κ2) is 12.3. The van der Waals surface area contributed by atoms with Crippen molar-refractivity contribution < 1.29 is 0 Å². The lowest BCUT2D eigenvalue weighted by atomic mass is 9.58. The molecule has 0 amide bonds. The van der Waals surface area contributed by atoms with Crippen LogP contribution >= 0.6 is 0 Å². The smallest absolute Gasteiger partial charge is 0.197 e. The van der Waals surface area contributed by atoms with E-state index in [1.807, 2.05) is 0 Å². The van der Waals surface area contributed by atoms with Crippen LogP contribution in [0.25, 0.3) is 76.9 Å². The largest absolute Gasteiger partial charge is 0.355 e. The number of fused-ring (bicyclic) bond motifs is 10. The molecule has 1 N–H and O–H groups in total. The molecule has 12 rings (SSSR count). The molecule has 0 atom stereocenters. The van der Waals surface area contributed by atoms with Crippen LogP contribution in [0.4, 0.5) is 11.4 Å². The average Bonchev–Trinajstić information content (AvgIpc) is 3.76. The number of anilines is 2. The van der Waals surface area contributed by atoms with Crippen molar-refractivity contribution in [3.05, 3.63) is 168 Å². The number of aromatic nitrogens is 2. The van der Waals surface area contributed by atoms with Gasteiger partial charge in [0.1, 0.15) is 0 Å². The van der Waals surface area contributed by atoms with E-state index in [9.17, 15) is 0 Å². The third-order valence-corrected chi connectivity index (χ3v) is 13.9. The quantitative estimate of drug-likeness (QED) is 0.177. The summed E-state index contributed by atoms with van der Waals surface area (Å²) >= 11 is 0. The summed E-state index contributed by atoms with van der Waals surface area (Å²) in [6.07, 6.45) is 2.37. The van der Waals surface area contributed by atoms with Gasteiger partial charge in [0.25, 0.3) is 0 Å². The fourth-order valence-electron chi connectivity index (χ4n) is 10.7. The predicted molar refractivity (Wildman–Crippen MR) is 253 cm³/mol. The van der Waals surface area contributed by atoms with Gasteiger partial charge < -0.3 is 14.5 Å². The Labute approximate surface area is 346 Å². The van der Waals surface area contributed by atoms with E-state index in [-0.39, 0.29) is 10.8 Å². The number of nitrogens with zero attached hydrogens (tertiary/aromatic N) is 2. The Hall–Kier alpha value is -6.52. The van der Waals surface area contributed by atoms with Gasteiger partial charge in [0.05, 0.1) is 16.6 Å². The highest BCUT2D eigenvalue weighted by Gasteiger charge is 2.38. The summed E-state index contributed by atoms with van der Waals surface area (Å²) < 4.78 is 4.97. The van der Waals surface area contributed by atoms with Crippen molar-refractivity contribution >= 4 is 84.0 Å². The molecule has 4 heteroatoms. The summed E-state index contributed by atoms with van der Waals surface area (Å²) in [5, 5.41) is 11.7. The van der Waals surface area contributed by atoms with E-state index < -0.39 is 0 Å². The van der Waals surface area contributed by atoms with Crippen LogP contribution in [0.15, 0.2) is 152 Å². The number of benzene rings is 8. The van der Waals surface area contributed by atoms with Crippen LogP contribution < -0.4 is 16.2 Å². The van der Waals surface area contributed by atoms with Gasteiger partial charge >= 0.3 is 0 Å². The minimum Gasteiger partial charge on any atom is -0.355 e. The van der Waals surface area contributed by atoms with E-state index in [1.54, 1.807) is 0 Å². The van der Waals surface area contributed by atoms with Crippen molar-refractivity contribution in [2.45, 2.75) is 58.3 Å². The van der Waals surface area contributed by atoms with Crippen molar-refractivity contribution in [2.75, 3.05) is 5.32 Å². The maximum absolute atomic E-state index is 4.17. The Kier molecular flexibility index (Phi) is 7.17. The Bertz CT molecular complexity index is 3400. The van der Waals surface area contributed by atoms with E-state index in [4.69, 9.17) is 0 Å². The Balaban J connectivity index is 1.20. The number of para-hydroxylation sites is 4. The van der Waals surface area contributed by atoms with Gasteiger partial charge in [0.2, 0.25) is 0 Å².